The Morgan fingerprint density at radius 3 is 2.80 bits per heavy atom. The Hall–Kier alpha value is -1.30. The summed E-state index contributed by atoms with van der Waals surface area (Å²) in [7, 11) is 0. The van der Waals surface area contributed by atoms with Gasteiger partial charge in [0.1, 0.15) is 0 Å². The SMILES string of the molecule is C/C=C/CC1=Cc2ccccc2C1CC. The maximum absolute atomic E-state index is 2.36. The van der Waals surface area contributed by atoms with Crippen LogP contribution in [0.3, 0.4) is 0 Å². The molecule has 0 N–H and O–H groups in total. The number of hydrogen-bond acceptors (Lipinski definition) is 0. The molecule has 0 spiro atoms. The Kier molecular flexibility index (Phi) is 3.05. The topological polar surface area (TPSA) is 0 Å². The van der Waals surface area contributed by atoms with Crippen LogP contribution in [-0.4, -0.2) is 0 Å². The van der Waals surface area contributed by atoms with E-state index >= 15 is 0 Å². The summed E-state index contributed by atoms with van der Waals surface area (Å²) in [5.41, 5.74) is 4.50. The Balaban J connectivity index is 2.30. The van der Waals surface area contributed by atoms with Gasteiger partial charge in [0.05, 0.1) is 0 Å². The van der Waals surface area contributed by atoms with Gasteiger partial charge in [-0.15, -0.1) is 0 Å². The van der Waals surface area contributed by atoms with Gasteiger partial charge < -0.3 is 0 Å². The molecule has 0 fully saturated rings. The number of rotatable bonds is 3. The summed E-state index contributed by atoms with van der Waals surface area (Å²) >= 11 is 0. The summed E-state index contributed by atoms with van der Waals surface area (Å²) in [6.45, 7) is 4.36. The Labute approximate surface area is 92.3 Å². The summed E-state index contributed by atoms with van der Waals surface area (Å²) in [6, 6.07) is 8.76. The minimum atomic E-state index is 0.650. The molecule has 0 bridgehead atoms. The minimum absolute atomic E-state index is 0.650. The molecule has 1 unspecified atom stereocenters. The molecular weight excluding hydrogens is 180 g/mol. The highest BCUT2D eigenvalue weighted by Crippen LogP contribution is 2.39. The molecule has 1 aliphatic rings. The van der Waals surface area contributed by atoms with E-state index in [1.807, 2.05) is 0 Å². The zero-order chi connectivity index (χ0) is 10.7. The van der Waals surface area contributed by atoms with Crippen LogP contribution in [-0.2, 0) is 0 Å². The van der Waals surface area contributed by atoms with Crippen LogP contribution in [0.2, 0.25) is 0 Å². The fourth-order valence-corrected chi connectivity index (χ4v) is 2.40. The Bertz CT molecular complexity index is 396. The number of benzene rings is 1. The van der Waals surface area contributed by atoms with Crippen molar-refractivity contribution in [2.45, 2.75) is 32.6 Å². The zero-order valence-electron chi connectivity index (χ0n) is 9.53. The van der Waals surface area contributed by atoms with Crippen LogP contribution in [0.5, 0.6) is 0 Å². The molecule has 1 aromatic rings. The normalized spacial score (nSPS) is 19.3. The summed E-state index contributed by atoms with van der Waals surface area (Å²) in [5, 5.41) is 0. The third-order valence-electron chi connectivity index (χ3n) is 3.16. The third kappa shape index (κ3) is 1.90. The van der Waals surface area contributed by atoms with Gasteiger partial charge in [0.2, 0.25) is 0 Å². The van der Waals surface area contributed by atoms with Gasteiger partial charge in [-0.2, -0.15) is 0 Å². The molecule has 2 rings (SSSR count). The first kappa shape index (κ1) is 10.2. The maximum Gasteiger partial charge on any atom is 0.00579 e. The smallest absolute Gasteiger partial charge is 0.00579 e. The van der Waals surface area contributed by atoms with E-state index in [-0.39, 0.29) is 0 Å². The van der Waals surface area contributed by atoms with E-state index in [2.05, 4.69) is 56.3 Å². The van der Waals surface area contributed by atoms with E-state index in [0.29, 0.717) is 5.92 Å². The molecule has 0 heterocycles. The summed E-state index contributed by atoms with van der Waals surface area (Å²) in [6.07, 6.45) is 9.06. The molecule has 1 atom stereocenters. The quantitative estimate of drug-likeness (QED) is 0.625. The van der Waals surface area contributed by atoms with Crippen LogP contribution < -0.4 is 0 Å². The van der Waals surface area contributed by atoms with E-state index in [9.17, 15) is 0 Å². The Morgan fingerprint density at radius 2 is 2.07 bits per heavy atom. The van der Waals surface area contributed by atoms with Gasteiger partial charge in [-0.1, -0.05) is 55.0 Å². The highest BCUT2D eigenvalue weighted by Gasteiger charge is 2.21. The van der Waals surface area contributed by atoms with E-state index < -0.39 is 0 Å². The molecule has 1 aliphatic carbocycles. The number of fused-ring (bicyclic) bond motifs is 1. The predicted octanol–water partition coefficient (Wildman–Crippen LogP) is 4.54. The number of hydrogen-bond donors (Lipinski definition) is 0. The molecule has 0 radical (unpaired) electrons. The highest BCUT2D eigenvalue weighted by molar-refractivity contribution is 5.66. The molecule has 0 amide bonds. The fourth-order valence-electron chi connectivity index (χ4n) is 2.40. The molecule has 0 aromatic heterocycles. The first-order valence-corrected chi connectivity index (χ1v) is 5.77. The lowest BCUT2D eigenvalue weighted by atomic mass is 9.92. The first-order chi connectivity index (χ1) is 7.36. The van der Waals surface area contributed by atoms with Crippen molar-refractivity contribution in [1.82, 2.24) is 0 Å². The van der Waals surface area contributed by atoms with E-state index in [1.54, 1.807) is 5.57 Å². The van der Waals surface area contributed by atoms with Crippen LogP contribution in [0.25, 0.3) is 6.08 Å². The van der Waals surface area contributed by atoms with E-state index in [1.165, 1.54) is 17.5 Å². The van der Waals surface area contributed by atoms with Gasteiger partial charge in [-0.05, 0) is 30.9 Å². The van der Waals surface area contributed by atoms with Gasteiger partial charge in [0, 0.05) is 5.92 Å². The van der Waals surface area contributed by atoms with Gasteiger partial charge in [-0.3, -0.25) is 0 Å². The van der Waals surface area contributed by atoms with Crippen LogP contribution in [0.15, 0.2) is 42.0 Å². The molecule has 0 nitrogen and oxygen atoms in total. The molecule has 15 heavy (non-hydrogen) atoms. The summed E-state index contributed by atoms with van der Waals surface area (Å²) < 4.78 is 0. The second-order valence-electron chi connectivity index (χ2n) is 4.08. The zero-order valence-corrected chi connectivity index (χ0v) is 9.53. The van der Waals surface area contributed by atoms with E-state index in [4.69, 9.17) is 0 Å². The molecule has 0 heteroatoms. The predicted molar refractivity (Wildman–Crippen MR) is 66.9 cm³/mol. The largest absolute Gasteiger partial charge is 0.0913 e. The van der Waals surface area contributed by atoms with Crippen LogP contribution in [0, 0.1) is 0 Å². The standard InChI is InChI=1S/C15H18/c1-3-5-8-12-11-13-9-6-7-10-15(13)14(12)4-2/h3,5-7,9-11,14H,4,8H2,1-2H3/b5-3+. The molecular formula is C15H18. The van der Waals surface area contributed by atoms with Crippen LogP contribution >= 0.6 is 0 Å². The van der Waals surface area contributed by atoms with Crippen molar-refractivity contribution in [2.24, 2.45) is 0 Å². The maximum atomic E-state index is 2.36. The summed E-state index contributed by atoms with van der Waals surface area (Å²) in [5.74, 6) is 0.650. The first-order valence-electron chi connectivity index (χ1n) is 5.77. The van der Waals surface area contributed by atoms with Crippen LogP contribution in [0.1, 0.15) is 43.7 Å². The van der Waals surface area contributed by atoms with Crippen molar-refractivity contribution in [3.63, 3.8) is 0 Å². The Morgan fingerprint density at radius 1 is 1.27 bits per heavy atom. The third-order valence-corrected chi connectivity index (χ3v) is 3.16. The van der Waals surface area contributed by atoms with Crippen LogP contribution in [0.4, 0.5) is 0 Å². The lowest BCUT2D eigenvalue weighted by Crippen LogP contribution is -1.96. The fraction of sp³-hybridized carbons (Fsp3) is 0.333. The molecule has 78 valence electrons. The van der Waals surface area contributed by atoms with E-state index in [0.717, 1.165) is 6.42 Å². The van der Waals surface area contributed by atoms with Gasteiger partial charge in [0.25, 0.3) is 0 Å². The average Bonchev–Trinajstić information content (AvgIpc) is 2.63. The van der Waals surface area contributed by atoms with Crippen molar-refractivity contribution in [1.29, 1.82) is 0 Å². The molecule has 1 aromatic carbocycles. The monoisotopic (exact) mass is 198 g/mol. The second-order valence-corrected chi connectivity index (χ2v) is 4.08. The molecule has 0 saturated heterocycles. The van der Waals surface area contributed by atoms with Crippen molar-refractivity contribution in [3.05, 3.63) is 53.1 Å². The van der Waals surface area contributed by atoms with Crippen molar-refractivity contribution in [3.8, 4) is 0 Å². The van der Waals surface area contributed by atoms with Crippen molar-refractivity contribution >= 4 is 6.08 Å². The van der Waals surface area contributed by atoms with Gasteiger partial charge >= 0.3 is 0 Å². The molecule has 0 saturated carbocycles. The molecule has 0 aliphatic heterocycles. The van der Waals surface area contributed by atoms with Crippen molar-refractivity contribution in [2.75, 3.05) is 0 Å². The highest BCUT2D eigenvalue weighted by atomic mass is 14.3. The second kappa shape index (κ2) is 4.48. The van der Waals surface area contributed by atoms with Gasteiger partial charge in [-0.25, -0.2) is 0 Å². The minimum Gasteiger partial charge on any atom is -0.0913 e. The lowest BCUT2D eigenvalue weighted by Gasteiger charge is -2.13. The van der Waals surface area contributed by atoms with Gasteiger partial charge in [0.15, 0.2) is 0 Å². The average molecular weight is 198 g/mol. The van der Waals surface area contributed by atoms with Crippen molar-refractivity contribution < 1.29 is 0 Å². The lowest BCUT2D eigenvalue weighted by molar-refractivity contribution is 0.760. The summed E-state index contributed by atoms with van der Waals surface area (Å²) in [4.78, 5) is 0. The number of allylic oxidation sites excluding steroid dienone is 3.